The van der Waals surface area contributed by atoms with Gasteiger partial charge in [-0.2, -0.15) is 5.26 Å². The Morgan fingerprint density at radius 3 is 2.53 bits per heavy atom. The van der Waals surface area contributed by atoms with Gasteiger partial charge in [0.15, 0.2) is 0 Å². The zero-order valence-corrected chi connectivity index (χ0v) is 10.3. The first-order valence-corrected chi connectivity index (χ1v) is 6.58. The van der Waals surface area contributed by atoms with Crippen LogP contribution < -0.4 is 5.32 Å². The van der Waals surface area contributed by atoms with Crippen LogP contribution in [0.5, 0.6) is 0 Å². The largest absolute Gasteiger partial charge is 0.317 e. The van der Waals surface area contributed by atoms with Crippen molar-refractivity contribution in [2.24, 2.45) is 5.92 Å². The van der Waals surface area contributed by atoms with Crippen LogP contribution in [0.15, 0.2) is 24.3 Å². The van der Waals surface area contributed by atoms with Gasteiger partial charge in [0.1, 0.15) is 0 Å². The van der Waals surface area contributed by atoms with E-state index in [-0.39, 0.29) is 0 Å². The van der Waals surface area contributed by atoms with E-state index < -0.39 is 0 Å². The molecule has 1 saturated heterocycles. The first-order chi connectivity index (χ1) is 8.38. The molecule has 1 aromatic carbocycles. The number of nitriles is 1. The molecule has 90 valence electrons. The Bertz CT molecular complexity index is 369. The van der Waals surface area contributed by atoms with E-state index >= 15 is 0 Å². The summed E-state index contributed by atoms with van der Waals surface area (Å²) in [6.45, 7) is 2.39. The highest BCUT2D eigenvalue weighted by molar-refractivity contribution is 5.31. The molecule has 0 spiro atoms. The van der Waals surface area contributed by atoms with Crippen LogP contribution in [0, 0.1) is 17.2 Å². The fourth-order valence-electron chi connectivity index (χ4n) is 2.51. The van der Waals surface area contributed by atoms with Crippen molar-refractivity contribution in [3.05, 3.63) is 35.4 Å². The summed E-state index contributed by atoms with van der Waals surface area (Å²) in [7, 11) is 0. The van der Waals surface area contributed by atoms with Crippen LogP contribution >= 0.6 is 0 Å². The summed E-state index contributed by atoms with van der Waals surface area (Å²) in [5.41, 5.74) is 2.12. The smallest absolute Gasteiger partial charge is 0.0991 e. The Labute approximate surface area is 104 Å². The van der Waals surface area contributed by atoms with Crippen molar-refractivity contribution < 1.29 is 0 Å². The molecule has 0 aromatic heterocycles. The third-order valence-corrected chi connectivity index (χ3v) is 3.62. The molecule has 2 rings (SSSR count). The molecule has 1 aromatic rings. The molecule has 17 heavy (non-hydrogen) atoms. The molecule has 1 heterocycles. The van der Waals surface area contributed by atoms with E-state index in [1.807, 2.05) is 12.1 Å². The highest BCUT2D eigenvalue weighted by atomic mass is 14.9. The summed E-state index contributed by atoms with van der Waals surface area (Å²) in [6, 6.07) is 10.2. The second kappa shape index (κ2) is 6.42. The lowest BCUT2D eigenvalue weighted by atomic mass is 9.91. The van der Waals surface area contributed by atoms with Gasteiger partial charge in [0.25, 0.3) is 0 Å². The van der Waals surface area contributed by atoms with E-state index in [9.17, 15) is 0 Å². The molecule has 1 fully saturated rings. The zero-order chi connectivity index (χ0) is 11.9. The summed E-state index contributed by atoms with van der Waals surface area (Å²) in [4.78, 5) is 0. The standard InChI is InChI=1S/C15H20N2/c16-12-15-6-4-13(5-7-15)2-1-3-14-8-10-17-11-9-14/h4-7,14,17H,1-3,8-11H2. The zero-order valence-electron chi connectivity index (χ0n) is 10.3. The van der Waals surface area contributed by atoms with Crippen molar-refractivity contribution in [1.29, 1.82) is 5.26 Å². The van der Waals surface area contributed by atoms with E-state index in [4.69, 9.17) is 5.26 Å². The molecule has 1 aliphatic heterocycles. The second-order valence-electron chi connectivity index (χ2n) is 4.89. The topological polar surface area (TPSA) is 35.8 Å². The normalized spacial score (nSPS) is 16.6. The van der Waals surface area contributed by atoms with Gasteiger partial charge in [0.05, 0.1) is 11.6 Å². The maximum atomic E-state index is 8.72. The molecule has 0 amide bonds. The van der Waals surface area contributed by atoms with Crippen LogP contribution in [0.4, 0.5) is 0 Å². The molecule has 0 radical (unpaired) electrons. The molecule has 1 aliphatic rings. The predicted octanol–water partition coefficient (Wildman–Crippen LogP) is 2.88. The van der Waals surface area contributed by atoms with Gasteiger partial charge in [0.2, 0.25) is 0 Å². The van der Waals surface area contributed by atoms with Crippen LogP contribution in [0.2, 0.25) is 0 Å². The molecular formula is C15H20N2. The molecule has 2 heteroatoms. The Balaban J connectivity index is 1.72. The average Bonchev–Trinajstić information content (AvgIpc) is 2.41. The number of hydrogen-bond acceptors (Lipinski definition) is 2. The van der Waals surface area contributed by atoms with Gasteiger partial charge in [-0.05, 0) is 62.4 Å². The minimum absolute atomic E-state index is 0.757. The predicted molar refractivity (Wildman–Crippen MR) is 69.7 cm³/mol. The Morgan fingerprint density at radius 1 is 1.18 bits per heavy atom. The van der Waals surface area contributed by atoms with Gasteiger partial charge >= 0.3 is 0 Å². The Kier molecular flexibility index (Phi) is 4.58. The highest BCUT2D eigenvalue weighted by Crippen LogP contribution is 2.19. The van der Waals surface area contributed by atoms with Crippen LogP contribution in [0.25, 0.3) is 0 Å². The molecular weight excluding hydrogens is 208 g/mol. The van der Waals surface area contributed by atoms with Gasteiger partial charge in [-0.3, -0.25) is 0 Å². The number of benzene rings is 1. The minimum Gasteiger partial charge on any atom is -0.317 e. The van der Waals surface area contributed by atoms with Crippen molar-refractivity contribution in [2.45, 2.75) is 32.1 Å². The van der Waals surface area contributed by atoms with Gasteiger partial charge in [0, 0.05) is 0 Å². The first kappa shape index (κ1) is 12.1. The lowest BCUT2D eigenvalue weighted by molar-refractivity contribution is 0.347. The highest BCUT2D eigenvalue weighted by Gasteiger charge is 2.11. The van der Waals surface area contributed by atoms with Crippen molar-refractivity contribution in [2.75, 3.05) is 13.1 Å². The van der Waals surface area contributed by atoms with Crippen LogP contribution in [-0.2, 0) is 6.42 Å². The number of piperidine rings is 1. The van der Waals surface area contributed by atoms with Crippen molar-refractivity contribution >= 4 is 0 Å². The number of hydrogen-bond donors (Lipinski definition) is 1. The Hall–Kier alpha value is -1.33. The average molecular weight is 228 g/mol. The van der Waals surface area contributed by atoms with Gasteiger partial charge in [-0.1, -0.05) is 18.6 Å². The third-order valence-electron chi connectivity index (χ3n) is 3.62. The van der Waals surface area contributed by atoms with Crippen LogP contribution in [-0.4, -0.2) is 13.1 Å². The molecule has 0 unspecified atom stereocenters. The van der Waals surface area contributed by atoms with Crippen molar-refractivity contribution in [1.82, 2.24) is 5.32 Å². The maximum Gasteiger partial charge on any atom is 0.0991 e. The number of rotatable bonds is 4. The number of nitrogens with one attached hydrogen (secondary N) is 1. The second-order valence-corrected chi connectivity index (χ2v) is 4.89. The summed E-state index contributed by atoms with van der Waals surface area (Å²) >= 11 is 0. The minimum atomic E-state index is 0.757. The fourth-order valence-corrected chi connectivity index (χ4v) is 2.51. The fraction of sp³-hybridized carbons (Fsp3) is 0.533. The van der Waals surface area contributed by atoms with E-state index in [2.05, 4.69) is 23.5 Å². The van der Waals surface area contributed by atoms with Gasteiger partial charge < -0.3 is 5.32 Å². The molecule has 0 saturated carbocycles. The molecule has 0 bridgehead atoms. The van der Waals surface area contributed by atoms with Crippen molar-refractivity contribution in [3.63, 3.8) is 0 Å². The van der Waals surface area contributed by atoms with Gasteiger partial charge in [-0.25, -0.2) is 0 Å². The van der Waals surface area contributed by atoms with Crippen LogP contribution in [0.3, 0.4) is 0 Å². The monoisotopic (exact) mass is 228 g/mol. The summed E-state index contributed by atoms with van der Waals surface area (Å²) in [5.74, 6) is 0.926. The van der Waals surface area contributed by atoms with Gasteiger partial charge in [-0.15, -0.1) is 0 Å². The van der Waals surface area contributed by atoms with E-state index in [1.165, 1.54) is 44.3 Å². The van der Waals surface area contributed by atoms with E-state index in [0.717, 1.165) is 17.9 Å². The first-order valence-electron chi connectivity index (χ1n) is 6.58. The SMILES string of the molecule is N#Cc1ccc(CCCC2CCNCC2)cc1. The van der Waals surface area contributed by atoms with E-state index in [0.29, 0.717) is 0 Å². The Morgan fingerprint density at radius 2 is 1.88 bits per heavy atom. The molecule has 1 N–H and O–H groups in total. The molecule has 0 atom stereocenters. The molecule has 2 nitrogen and oxygen atoms in total. The third kappa shape index (κ3) is 3.87. The number of aryl methyl sites for hydroxylation is 1. The number of nitrogens with zero attached hydrogens (tertiary/aromatic N) is 1. The summed E-state index contributed by atoms with van der Waals surface area (Å²) in [6.07, 6.45) is 6.45. The maximum absolute atomic E-state index is 8.72. The summed E-state index contributed by atoms with van der Waals surface area (Å²) in [5, 5.41) is 12.1. The molecule has 0 aliphatic carbocycles. The van der Waals surface area contributed by atoms with Crippen LogP contribution in [0.1, 0.15) is 36.8 Å². The lowest BCUT2D eigenvalue weighted by Gasteiger charge is -2.22. The quantitative estimate of drug-likeness (QED) is 0.860. The lowest BCUT2D eigenvalue weighted by Crippen LogP contribution is -2.27. The van der Waals surface area contributed by atoms with Crippen molar-refractivity contribution in [3.8, 4) is 6.07 Å². The van der Waals surface area contributed by atoms with E-state index in [1.54, 1.807) is 0 Å². The summed E-state index contributed by atoms with van der Waals surface area (Å²) < 4.78 is 0.